The number of likely N-dealkylation sites (N-methyl/N-ethyl adjacent to an activating group) is 1. The van der Waals surface area contributed by atoms with E-state index in [9.17, 15) is 18.0 Å². The number of nitrogens with zero attached hydrogens (tertiary/aromatic N) is 2. The molecule has 1 atom stereocenters. The maximum Gasteiger partial charge on any atom is 0.264 e. The van der Waals surface area contributed by atoms with Crippen molar-refractivity contribution in [1.82, 2.24) is 10.2 Å². The van der Waals surface area contributed by atoms with E-state index in [1.807, 2.05) is 30.3 Å². The molecule has 7 nitrogen and oxygen atoms in total. The number of benzene rings is 4. The van der Waals surface area contributed by atoms with Gasteiger partial charge in [0.25, 0.3) is 10.0 Å². The van der Waals surface area contributed by atoms with Gasteiger partial charge in [-0.3, -0.25) is 13.9 Å². The van der Waals surface area contributed by atoms with Crippen LogP contribution in [0.25, 0.3) is 0 Å². The molecule has 0 radical (unpaired) electrons. The Kier molecular flexibility index (Phi) is 10.3. The Morgan fingerprint density at radius 3 is 2.10 bits per heavy atom. The summed E-state index contributed by atoms with van der Waals surface area (Å²) in [6.07, 6.45) is 0.210. The zero-order valence-electron chi connectivity index (χ0n) is 23.2. The molecule has 10 heteroatoms. The van der Waals surface area contributed by atoms with E-state index in [-0.39, 0.29) is 23.8 Å². The topological polar surface area (TPSA) is 86.8 Å². The van der Waals surface area contributed by atoms with Crippen molar-refractivity contribution in [1.29, 1.82) is 0 Å². The summed E-state index contributed by atoms with van der Waals surface area (Å²) in [7, 11) is -2.69. The number of carbonyl (C=O) groups is 2. The fourth-order valence-electron chi connectivity index (χ4n) is 4.66. The normalized spacial score (nSPS) is 11.9. The van der Waals surface area contributed by atoms with Crippen LogP contribution in [0.15, 0.2) is 108 Å². The summed E-state index contributed by atoms with van der Waals surface area (Å²) in [6, 6.07) is 28.1. The lowest BCUT2D eigenvalue weighted by molar-refractivity contribution is -0.139. The van der Waals surface area contributed by atoms with Gasteiger partial charge in [0.1, 0.15) is 12.6 Å². The maximum absolute atomic E-state index is 14.3. The molecule has 4 aromatic carbocycles. The van der Waals surface area contributed by atoms with Crippen LogP contribution in [0.1, 0.15) is 16.7 Å². The van der Waals surface area contributed by atoms with E-state index in [0.29, 0.717) is 26.9 Å². The Hall–Kier alpha value is -3.85. The van der Waals surface area contributed by atoms with Crippen molar-refractivity contribution in [3.8, 4) is 0 Å². The molecule has 2 amide bonds. The number of hydrogen-bond acceptors (Lipinski definition) is 4. The number of nitrogens with one attached hydrogen (secondary N) is 1. The van der Waals surface area contributed by atoms with Gasteiger partial charge in [-0.2, -0.15) is 0 Å². The Balaban J connectivity index is 1.81. The third-order valence-corrected chi connectivity index (χ3v) is 9.23. The van der Waals surface area contributed by atoms with Gasteiger partial charge in [-0.15, -0.1) is 0 Å². The predicted molar refractivity (Wildman–Crippen MR) is 167 cm³/mol. The number of carbonyl (C=O) groups excluding carboxylic acids is 2. The number of aryl methyl sites for hydroxylation is 1. The molecule has 1 unspecified atom stereocenters. The van der Waals surface area contributed by atoms with E-state index in [1.54, 1.807) is 67.6 Å². The monoisotopic (exact) mass is 623 g/mol. The molecule has 0 aromatic heterocycles. The van der Waals surface area contributed by atoms with E-state index >= 15 is 0 Å². The van der Waals surface area contributed by atoms with Crippen LogP contribution in [0.5, 0.6) is 0 Å². The Morgan fingerprint density at radius 2 is 1.48 bits per heavy atom. The van der Waals surface area contributed by atoms with Crippen LogP contribution in [0.2, 0.25) is 10.0 Å². The summed E-state index contributed by atoms with van der Waals surface area (Å²) < 4.78 is 29.1. The van der Waals surface area contributed by atoms with Crippen LogP contribution in [0, 0.1) is 6.92 Å². The first kappa shape index (κ1) is 31.1. The fraction of sp³-hybridized carbons (Fsp3) is 0.188. The Bertz CT molecular complexity index is 1650. The fourth-order valence-corrected chi connectivity index (χ4v) is 6.58. The van der Waals surface area contributed by atoms with E-state index in [0.717, 1.165) is 9.87 Å². The quantitative estimate of drug-likeness (QED) is 0.226. The van der Waals surface area contributed by atoms with Crippen LogP contribution in [-0.2, 0) is 32.6 Å². The molecule has 42 heavy (non-hydrogen) atoms. The highest BCUT2D eigenvalue weighted by molar-refractivity contribution is 7.92. The predicted octanol–water partition coefficient (Wildman–Crippen LogP) is 5.88. The number of halogens is 2. The minimum atomic E-state index is -4.19. The summed E-state index contributed by atoms with van der Waals surface area (Å²) in [5.74, 6) is -0.965. The summed E-state index contributed by atoms with van der Waals surface area (Å²) in [6.45, 7) is 1.15. The van der Waals surface area contributed by atoms with Gasteiger partial charge in [-0.1, -0.05) is 89.9 Å². The first-order valence-electron chi connectivity index (χ1n) is 13.2. The number of anilines is 1. The SMILES string of the molecule is CNC(=O)C(Cc1ccccc1)N(Cc1ccccc1Cl)C(=O)CN(c1ccc(Cl)cc1C)S(=O)(=O)c1ccccc1. The van der Waals surface area contributed by atoms with Crippen LogP contribution in [0.4, 0.5) is 5.69 Å². The Morgan fingerprint density at radius 1 is 0.857 bits per heavy atom. The lowest BCUT2D eigenvalue weighted by Crippen LogP contribution is -2.53. The van der Waals surface area contributed by atoms with Gasteiger partial charge in [0.2, 0.25) is 11.8 Å². The molecule has 0 heterocycles. The molecule has 4 aromatic rings. The molecule has 0 fully saturated rings. The average molecular weight is 625 g/mol. The smallest absolute Gasteiger partial charge is 0.264 e. The minimum absolute atomic E-state index is 0.0117. The summed E-state index contributed by atoms with van der Waals surface area (Å²) in [4.78, 5) is 29.1. The van der Waals surface area contributed by atoms with E-state index in [1.165, 1.54) is 24.1 Å². The van der Waals surface area contributed by atoms with Crippen molar-refractivity contribution in [2.75, 3.05) is 17.9 Å². The lowest BCUT2D eigenvalue weighted by Gasteiger charge is -2.34. The van der Waals surface area contributed by atoms with Crippen molar-refractivity contribution in [3.63, 3.8) is 0 Å². The second-order valence-corrected chi connectivity index (χ2v) is 12.4. The number of amides is 2. The van der Waals surface area contributed by atoms with Gasteiger partial charge in [0, 0.05) is 30.1 Å². The van der Waals surface area contributed by atoms with Gasteiger partial charge in [0.15, 0.2) is 0 Å². The highest BCUT2D eigenvalue weighted by atomic mass is 35.5. The molecule has 218 valence electrons. The number of hydrogen-bond donors (Lipinski definition) is 1. The average Bonchev–Trinajstić information content (AvgIpc) is 2.99. The third kappa shape index (κ3) is 7.31. The molecule has 1 N–H and O–H groups in total. The van der Waals surface area contributed by atoms with Gasteiger partial charge >= 0.3 is 0 Å². The van der Waals surface area contributed by atoms with Crippen molar-refractivity contribution >= 4 is 50.7 Å². The van der Waals surface area contributed by atoms with Gasteiger partial charge < -0.3 is 10.2 Å². The second kappa shape index (κ2) is 13.9. The van der Waals surface area contributed by atoms with E-state index in [4.69, 9.17) is 23.2 Å². The first-order valence-corrected chi connectivity index (χ1v) is 15.4. The molecule has 0 saturated carbocycles. The van der Waals surface area contributed by atoms with Crippen molar-refractivity contribution < 1.29 is 18.0 Å². The van der Waals surface area contributed by atoms with E-state index < -0.39 is 28.5 Å². The molecule has 0 spiro atoms. The molecular formula is C32H31Cl2N3O4S. The lowest BCUT2D eigenvalue weighted by atomic mass is 10.0. The standard InChI is InChI=1S/C32H31Cl2N3O4S/c1-23-19-26(33)17-18-29(23)37(42(40,41)27-14-7-4-8-15-27)22-31(38)36(21-25-13-9-10-16-28(25)34)30(32(39)35-2)20-24-11-5-3-6-12-24/h3-19,30H,20-22H2,1-2H3,(H,35,39). The van der Waals surface area contributed by atoms with Gasteiger partial charge in [-0.05, 0) is 60.0 Å². The third-order valence-electron chi connectivity index (χ3n) is 6.85. The molecule has 0 saturated heterocycles. The van der Waals surface area contributed by atoms with Crippen LogP contribution < -0.4 is 9.62 Å². The number of rotatable bonds is 11. The number of sulfonamides is 1. The van der Waals surface area contributed by atoms with Crippen molar-refractivity contribution in [3.05, 3.63) is 130 Å². The first-order chi connectivity index (χ1) is 20.1. The largest absolute Gasteiger partial charge is 0.357 e. The molecule has 0 bridgehead atoms. The highest BCUT2D eigenvalue weighted by Gasteiger charge is 2.35. The van der Waals surface area contributed by atoms with Crippen LogP contribution >= 0.6 is 23.2 Å². The summed E-state index contributed by atoms with van der Waals surface area (Å²) in [5.41, 5.74) is 2.33. The zero-order chi connectivity index (χ0) is 30.3. The molecule has 4 rings (SSSR count). The second-order valence-electron chi connectivity index (χ2n) is 9.69. The molecule has 0 aliphatic heterocycles. The van der Waals surface area contributed by atoms with Crippen molar-refractivity contribution in [2.45, 2.75) is 30.8 Å². The maximum atomic E-state index is 14.3. The van der Waals surface area contributed by atoms with Crippen LogP contribution in [0.3, 0.4) is 0 Å². The molecular weight excluding hydrogens is 593 g/mol. The van der Waals surface area contributed by atoms with Crippen molar-refractivity contribution in [2.24, 2.45) is 0 Å². The summed E-state index contributed by atoms with van der Waals surface area (Å²) >= 11 is 12.7. The van der Waals surface area contributed by atoms with Gasteiger partial charge in [0.05, 0.1) is 10.6 Å². The minimum Gasteiger partial charge on any atom is -0.357 e. The molecule has 0 aliphatic carbocycles. The van der Waals surface area contributed by atoms with E-state index in [2.05, 4.69) is 5.32 Å². The zero-order valence-corrected chi connectivity index (χ0v) is 25.5. The molecule has 0 aliphatic rings. The summed E-state index contributed by atoms with van der Waals surface area (Å²) in [5, 5.41) is 3.52. The van der Waals surface area contributed by atoms with Gasteiger partial charge in [-0.25, -0.2) is 8.42 Å². The highest BCUT2D eigenvalue weighted by Crippen LogP contribution is 2.30. The Labute approximate surface area is 256 Å². The van der Waals surface area contributed by atoms with Crippen LogP contribution in [-0.4, -0.2) is 44.8 Å².